The zero-order valence-corrected chi connectivity index (χ0v) is 11.3. The molecule has 0 aliphatic carbocycles. The van der Waals surface area contributed by atoms with Crippen LogP contribution in [0.1, 0.15) is 0 Å². The van der Waals surface area contributed by atoms with E-state index in [0.29, 0.717) is 11.6 Å². The summed E-state index contributed by atoms with van der Waals surface area (Å²) < 4.78 is 0. The summed E-state index contributed by atoms with van der Waals surface area (Å²) in [5.74, 6) is 0.139. The molecule has 0 saturated carbocycles. The Bertz CT molecular complexity index is 424. The van der Waals surface area contributed by atoms with Crippen molar-refractivity contribution < 1.29 is 4.79 Å². The molecule has 1 aliphatic rings. The van der Waals surface area contributed by atoms with E-state index in [-0.39, 0.29) is 5.91 Å². The van der Waals surface area contributed by atoms with E-state index in [0.717, 1.165) is 31.9 Å². The van der Waals surface area contributed by atoms with Gasteiger partial charge in [-0.15, -0.1) is 0 Å². The molecule has 1 N–H and O–H groups in total. The average molecular weight is 268 g/mol. The van der Waals surface area contributed by atoms with Gasteiger partial charge in [0.2, 0.25) is 5.91 Å². The summed E-state index contributed by atoms with van der Waals surface area (Å²) in [4.78, 5) is 16.1. The first-order valence-corrected chi connectivity index (χ1v) is 6.51. The van der Waals surface area contributed by atoms with Crippen LogP contribution in [0, 0.1) is 0 Å². The second kappa shape index (κ2) is 6.18. The molecule has 98 valence electrons. The Balaban J connectivity index is 1.99. The van der Waals surface area contributed by atoms with Crippen LogP contribution in [-0.4, -0.2) is 50.6 Å². The van der Waals surface area contributed by atoms with Crippen molar-refractivity contribution in [3.63, 3.8) is 0 Å². The van der Waals surface area contributed by atoms with Crippen molar-refractivity contribution in [1.29, 1.82) is 0 Å². The van der Waals surface area contributed by atoms with Crippen LogP contribution in [0.3, 0.4) is 0 Å². The summed E-state index contributed by atoms with van der Waals surface area (Å²) in [6.07, 6.45) is 0. The van der Waals surface area contributed by atoms with Crippen molar-refractivity contribution in [2.24, 2.45) is 0 Å². The van der Waals surface area contributed by atoms with Crippen LogP contribution in [0.25, 0.3) is 0 Å². The van der Waals surface area contributed by atoms with Crippen LogP contribution < -0.4 is 10.2 Å². The molecule has 1 aliphatic heterocycles. The first-order chi connectivity index (χ1) is 8.70. The van der Waals surface area contributed by atoms with Crippen molar-refractivity contribution >= 4 is 23.2 Å². The standard InChI is InChI=1S/C13H18ClN3O/c1-15-5-6-16-7-8-17(13(18)10-16)12-4-2-3-11(14)9-12/h2-4,9,15H,5-8,10H2,1H3. The van der Waals surface area contributed by atoms with Crippen LogP contribution in [0.5, 0.6) is 0 Å². The Morgan fingerprint density at radius 1 is 1.39 bits per heavy atom. The average Bonchev–Trinajstić information content (AvgIpc) is 2.36. The van der Waals surface area contributed by atoms with Gasteiger partial charge in [0, 0.05) is 36.9 Å². The molecule has 1 heterocycles. The van der Waals surface area contributed by atoms with Crippen molar-refractivity contribution in [2.75, 3.05) is 44.7 Å². The lowest BCUT2D eigenvalue weighted by molar-refractivity contribution is -0.121. The third-order valence-electron chi connectivity index (χ3n) is 3.10. The molecule has 0 aromatic heterocycles. The van der Waals surface area contributed by atoms with Gasteiger partial charge in [0.1, 0.15) is 0 Å². The Hall–Kier alpha value is -1.10. The number of nitrogens with one attached hydrogen (secondary N) is 1. The number of benzene rings is 1. The maximum atomic E-state index is 12.1. The lowest BCUT2D eigenvalue weighted by Crippen LogP contribution is -2.51. The highest BCUT2D eigenvalue weighted by Gasteiger charge is 2.24. The number of piperazine rings is 1. The molecular weight excluding hydrogens is 250 g/mol. The van der Waals surface area contributed by atoms with E-state index < -0.39 is 0 Å². The van der Waals surface area contributed by atoms with Crippen LogP contribution in [-0.2, 0) is 4.79 Å². The molecule has 1 amide bonds. The van der Waals surface area contributed by atoms with Gasteiger partial charge in [-0.2, -0.15) is 0 Å². The highest BCUT2D eigenvalue weighted by Crippen LogP contribution is 2.21. The van der Waals surface area contributed by atoms with E-state index in [9.17, 15) is 4.79 Å². The number of halogens is 1. The Labute approximate surface area is 113 Å². The van der Waals surface area contributed by atoms with Gasteiger partial charge in [0.05, 0.1) is 6.54 Å². The largest absolute Gasteiger partial charge is 0.318 e. The molecule has 1 saturated heterocycles. The molecular formula is C13H18ClN3O. The van der Waals surface area contributed by atoms with Crippen molar-refractivity contribution in [2.45, 2.75) is 0 Å². The molecule has 5 heteroatoms. The highest BCUT2D eigenvalue weighted by atomic mass is 35.5. The van der Waals surface area contributed by atoms with Crippen molar-refractivity contribution in [3.05, 3.63) is 29.3 Å². The minimum absolute atomic E-state index is 0.139. The molecule has 0 radical (unpaired) electrons. The number of amides is 1. The highest BCUT2D eigenvalue weighted by molar-refractivity contribution is 6.30. The lowest BCUT2D eigenvalue weighted by Gasteiger charge is -2.34. The fourth-order valence-corrected chi connectivity index (χ4v) is 2.28. The zero-order valence-electron chi connectivity index (χ0n) is 10.5. The number of nitrogens with zero attached hydrogens (tertiary/aromatic N) is 2. The van der Waals surface area contributed by atoms with Gasteiger partial charge in [0.15, 0.2) is 0 Å². The number of rotatable bonds is 4. The fraction of sp³-hybridized carbons (Fsp3) is 0.462. The summed E-state index contributed by atoms with van der Waals surface area (Å²) in [6.45, 7) is 3.92. The number of hydrogen-bond acceptors (Lipinski definition) is 3. The predicted octanol–water partition coefficient (Wildman–Crippen LogP) is 1.21. The summed E-state index contributed by atoms with van der Waals surface area (Å²) in [6, 6.07) is 7.45. The number of likely N-dealkylation sites (N-methyl/N-ethyl adjacent to an activating group) is 1. The molecule has 0 spiro atoms. The van der Waals surface area contributed by atoms with E-state index >= 15 is 0 Å². The van der Waals surface area contributed by atoms with E-state index in [4.69, 9.17) is 11.6 Å². The SMILES string of the molecule is CNCCN1CCN(c2cccc(Cl)c2)C(=O)C1. The maximum absolute atomic E-state index is 12.1. The van der Waals surface area contributed by atoms with Gasteiger partial charge in [-0.1, -0.05) is 17.7 Å². The van der Waals surface area contributed by atoms with Gasteiger partial charge in [0.25, 0.3) is 0 Å². The minimum Gasteiger partial charge on any atom is -0.318 e. The fourth-order valence-electron chi connectivity index (χ4n) is 2.10. The van der Waals surface area contributed by atoms with Gasteiger partial charge < -0.3 is 10.2 Å². The molecule has 1 fully saturated rings. The summed E-state index contributed by atoms with van der Waals surface area (Å²) in [5, 5.41) is 3.76. The third-order valence-corrected chi connectivity index (χ3v) is 3.33. The molecule has 0 atom stereocenters. The molecule has 0 unspecified atom stereocenters. The third kappa shape index (κ3) is 3.22. The summed E-state index contributed by atoms with van der Waals surface area (Å²) >= 11 is 5.95. The molecule has 4 nitrogen and oxygen atoms in total. The maximum Gasteiger partial charge on any atom is 0.241 e. The zero-order chi connectivity index (χ0) is 13.0. The van der Waals surface area contributed by atoms with Crippen LogP contribution in [0.15, 0.2) is 24.3 Å². The first-order valence-electron chi connectivity index (χ1n) is 6.13. The number of carbonyl (C=O) groups excluding carboxylic acids is 1. The first kappa shape index (κ1) is 13.3. The smallest absolute Gasteiger partial charge is 0.241 e. The molecule has 1 aromatic carbocycles. The quantitative estimate of drug-likeness (QED) is 0.891. The van der Waals surface area contributed by atoms with E-state index in [1.54, 1.807) is 0 Å². The number of anilines is 1. The Morgan fingerprint density at radius 2 is 2.22 bits per heavy atom. The van der Waals surface area contributed by atoms with Crippen LogP contribution in [0.2, 0.25) is 5.02 Å². The van der Waals surface area contributed by atoms with Crippen molar-refractivity contribution in [1.82, 2.24) is 10.2 Å². The number of carbonyl (C=O) groups is 1. The van der Waals surface area contributed by atoms with Crippen LogP contribution in [0.4, 0.5) is 5.69 Å². The normalized spacial score (nSPS) is 17.2. The lowest BCUT2D eigenvalue weighted by atomic mass is 10.2. The van der Waals surface area contributed by atoms with Crippen molar-refractivity contribution in [3.8, 4) is 0 Å². The second-order valence-electron chi connectivity index (χ2n) is 4.40. The van der Waals surface area contributed by atoms with Gasteiger partial charge in [-0.3, -0.25) is 9.69 Å². The minimum atomic E-state index is 0.139. The monoisotopic (exact) mass is 267 g/mol. The molecule has 18 heavy (non-hydrogen) atoms. The van der Waals surface area contributed by atoms with E-state index in [1.165, 1.54) is 0 Å². The summed E-state index contributed by atoms with van der Waals surface area (Å²) in [7, 11) is 1.92. The molecule has 2 rings (SSSR count). The number of hydrogen-bond donors (Lipinski definition) is 1. The summed E-state index contributed by atoms with van der Waals surface area (Å²) in [5.41, 5.74) is 0.890. The topological polar surface area (TPSA) is 35.6 Å². The Kier molecular flexibility index (Phi) is 4.58. The van der Waals surface area contributed by atoms with E-state index in [2.05, 4.69) is 10.2 Å². The molecule has 0 bridgehead atoms. The molecule has 1 aromatic rings. The van der Waals surface area contributed by atoms with Gasteiger partial charge in [-0.25, -0.2) is 0 Å². The second-order valence-corrected chi connectivity index (χ2v) is 4.84. The van der Waals surface area contributed by atoms with Gasteiger partial charge in [-0.05, 0) is 25.2 Å². The Morgan fingerprint density at radius 3 is 2.89 bits per heavy atom. The van der Waals surface area contributed by atoms with Gasteiger partial charge >= 0.3 is 0 Å². The van der Waals surface area contributed by atoms with E-state index in [1.807, 2.05) is 36.2 Å². The predicted molar refractivity (Wildman–Crippen MR) is 74.2 cm³/mol. The van der Waals surface area contributed by atoms with Crippen LogP contribution >= 0.6 is 11.6 Å².